The quantitative estimate of drug-likeness (QED) is 0.750. The minimum absolute atomic E-state index is 0.625. The summed E-state index contributed by atoms with van der Waals surface area (Å²) in [6, 6.07) is 7.75. The second kappa shape index (κ2) is 7.51. The van der Waals surface area contributed by atoms with Crippen LogP contribution in [0.5, 0.6) is 0 Å². The third-order valence-electron chi connectivity index (χ3n) is 2.33. The molecule has 0 saturated carbocycles. The first-order valence-corrected chi connectivity index (χ1v) is 6.12. The fourth-order valence-electron chi connectivity index (χ4n) is 1.56. The summed E-state index contributed by atoms with van der Waals surface area (Å²) in [5, 5.41) is 3.31. The van der Waals surface area contributed by atoms with E-state index in [1.54, 1.807) is 0 Å². The van der Waals surface area contributed by atoms with Gasteiger partial charge in [0.25, 0.3) is 0 Å². The van der Waals surface area contributed by atoms with E-state index in [2.05, 4.69) is 72.9 Å². The molecule has 1 aromatic rings. The average molecular weight is 219 g/mol. The molecule has 0 aliphatic heterocycles. The molecular formula is C14H26BN. The van der Waals surface area contributed by atoms with Crippen molar-refractivity contribution in [2.75, 3.05) is 0 Å². The summed E-state index contributed by atoms with van der Waals surface area (Å²) in [7, 11) is 2.12. The van der Waals surface area contributed by atoms with Crippen molar-refractivity contribution in [3.05, 3.63) is 29.3 Å². The smallest absolute Gasteiger partial charge is 0.139 e. The number of benzene rings is 1. The van der Waals surface area contributed by atoms with Gasteiger partial charge in [0.1, 0.15) is 7.85 Å². The summed E-state index contributed by atoms with van der Waals surface area (Å²) in [4.78, 5) is 0. The summed E-state index contributed by atoms with van der Waals surface area (Å²) in [5.41, 5.74) is 4.11. The van der Waals surface area contributed by atoms with Crippen molar-refractivity contribution in [2.45, 2.75) is 53.6 Å². The van der Waals surface area contributed by atoms with Gasteiger partial charge in [0.05, 0.1) is 0 Å². The first-order valence-electron chi connectivity index (χ1n) is 6.12. The molecule has 0 aromatic heterocycles. The number of hydrogen-bond acceptors (Lipinski definition) is 1. The van der Waals surface area contributed by atoms with Gasteiger partial charge in [-0.25, -0.2) is 0 Å². The van der Waals surface area contributed by atoms with Gasteiger partial charge in [-0.05, 0) is 25.0 Å². The number of hydrogen-bond donors (Lipinski definition) is 1. The lowest BCUT2D eigenvalue weighted by Crippen LogP contribution is -2.29. The summed E-state index contributed by atoms with van der Waals surface area (Å²) < 4.78 is 0. The third-order valence-corrected chi connectivity index (χ3v) is 2.33. The second-order valence-electron chi connectivity index (χ2n) is 5.06. The lowest BCUT2D eigenvalue weighted by Gasteiger charge is -2.10. The van der Waals surface area contributed by atoms with Crippen LogP contribution in [0.25, 0.3) is 0 Å². The predicted octanol–water partition coefficient (Wildman–Crippen LogP) is 1.95. The zero-order valence-corrected chi connectivity index (χ0v) is 11.9. The van der Waals surface area contributed by atoms with E-state index >= 15 is 0 Å². The Morgan fingerprint density at radius 1 is 0.938 bits per heavy atom. The summed E-state index contributed by atoms with van der Waals surface area (Å²) in [6.45, 7) is 12.9. The van der Waals surface area contributed by atoms with E-state index in [0.717, 1.165) is 0 Å². The van der Waals surface area contributed by atoms with Crippen LogP contribution in [0.1, 0.15) is 38.8 Å². The first kappa shape index (κ1) is 15.2. The van der Waals surface area contributed by atoms with Crippen LogP contribution >= 0.6 is 0 Å². The minimum Gasteiger partial charge on any atom is -0.312 e. The molecule has 0 amide bonds. The van der Waals surface area contributed by atoms with Crippen LogP contribution in [0.3, 0.4) is 0 Å². The van der Waals surface area contributed by atoms with Crippen molar-refractivity contribution in [3.63, 3.8) is 0 Å². The zero-order valence-electron chi connectivity index (χ0n) is 11.9. The van der Waals surface area contributed by atoms with E-state index in [9.17, 15) is 0 Å². The molecule has 2 heteroatoms. The van der Waals surface area contributed by atoms with Gasteiger partial charge in [0, 0.05) is 12.1 Å². The monoisotopic (exact) mass is 219 g/mol. The van der Waals surface area contributed by atoms with Gasteiger partial charge < -0.3 is 5.32 Å². The summed E-state index contributed by atoms with van der Waals surface area (Å²) >= 11 is 0. The van der Waals surface area contributed by atoms with Crippen molar-refractivity contribution < 1.29 is 0 Å². The highest BCUT2D eigenvalue weighted by Crippen LogP contribution is 2.01. The molecule has 1 nitrogen and oxygen atoms in total. The van der Waals surface area contributed by atoms with Crippen LogP contribution in [-0.2, 0) is 0 Å². The highest BCUT2D eigenvalue weighted by Gasteiger charge is 1.92. The maximum absolute atomic E-state index is 3.31. The standard InChI is InChI=1S/C8H11B.C6H15N/c1-6-3-4-8(9)5-7(6)2;1-5(2)7-6(3)4/h3-5H,9H2,1-2H3;5-7H,1-4H3. The molecule has 90 valence electrons. The molecule has 0 aliphatic carbocycles. The van der Waals surface area contributed by atoms with Crippen LogP contribution in [-0.4, -0.2) is 19.9 Å². The highest BCUT2D eigenvalue weighted by atomic mass is 14.9. The van der Waals surface area contributed by atoms with Gasteiger partial charge in [0.15, 0.2) is 0 Å². The fraction of sp³-hybridized carbons (Fsp3) is 0.571. The van der Waals surface area contributed by atoms with Crippen molar-refractivity contribution in [1.29, 1.82) is 0 Å². The van der Waals surface area contributed by atoms with E-state index in [4.69, 9.17) is 0 Å². The molecule has 0 fully saturated rings. The topological polar surface area (TPSA) is 12.0 Å². The molecule has 0 spiro atoms. The maximum Gasteiger partial charge on any atom is 0.139 e. The second-order valence-corrected chi connectivity index (χ2v) is 5.06. The van der Waals surface area contributed by atoms with E-state index in [1.807, 2.05) is 0 Å². The largest absolute Gasteiger partial charge is 0.312 e. The highest BCUT2D eigenvalue weighted by molar-refractivity contribution is 6.32. The zero-order chi connectivity index (χ0) is 12.7. The SMILES string of the molecule is Bc1ccc(C)c(C)c1.CC(C)NC(C)C. The molecule has 1 N–H and O–H groups in total. The van der Waals surface area contributed by atoms with Crippen LogP contribution < -0.4 is 10.8 Å². The molecular weight excluding hydrogens is 193 g/mol. The van der Waals surface area contributed by atoms with Gasteiger partial charge in [-0.2, -0.15) is 0 Å². The van der Waals surface area contributed by atoms with Gasteiger partial charge >= 0.3 is 0 Å². The lowest BCUT2D eigenvalue weighted by molar-refractivity contribution is 0.518. The first-order chi connectivity index (χ1) is 7.32. The van der Waals surface area contributed by atoms with Gasteiger partial charge in [-0.3, -0.25) is 0 Å². The summed E-state index contributed by atoms with van der Waals surface area (Å²) in [6.07, 6.45) is 0. The van der Waals surface area contributed by atoms with Crippen LogP contribution in [0.2, 0.25) is 0 Å². The minimum atomic E-state index is 0.625. The molecule has 0 aliphatic rings. The Labute approximate surface area is 102 Å². The Hall–Kier alpha value is -0.755. The van der Waals surface area contributed by atoms with E-state index in [0.29, 0.717) is 12.1 Å². The van der Waals surface area contributed by atoms with Crippen LogP contribution in [0, 0.1) is 13.8 Å². The van der Waals surface area contributed by atoms with Crippen molar-refractivity contribution >= 4 is 13.3 Å². The van der Waals surface area contributed by atoms with Gasteiger partial charge in [0.2, 0.25) is 0 Å². The van der Waals surface area contributed by atoms with Crippen LogP contribution in [0.4, 0.5) is 0 Å². The number of nitrogens with one attached hydrogen (secondary N) is 1. The Bertz CT molecular complexity index is 300. The van der Waals surface area contributed by atoms with Crippen LogP contribution in [0.15, 0.2) is 18.2 Å². The van der Waals surface area contributed by atoms with Crippen molar-refractivity contribution in [3.8, 4) is 0 Å². The number of rotatable bonds is 2. The molecule has 0 bridgehead atoms. The van der Waals surface area contributed by atoms with Crippen molar-refractivity contribution in [2.24, 2.45) is 0 Å². The fourth-order valence-corrected chi connectivity index (χ4v) is 1.56. The average Bonchev–Trinajstić information content (AvgIpc) is 2.10. The Kier molecular flexibility index (Phi) is 7.15. The Morgan fingerprint density at radius 2 is 1.44 bits per heavy atom. The van der Waals surface area contributed by atoms with E-state index in [1.165, 1.54) is 16.6 Å². The Balaban J connectivity index is 0.000000293. The van der Waals surface area contributed by atoms with E-state index < -0.39 is 0 Å². The molecule has 0 unspecified atom stereocenters. The van der Waals surface area contributed by atoms with Crippen molar-refractivity contribution in [1.82, 2.24) is 5.32 Å². The molecule has 1 aromatic carbocycles. The normalized spacial score (nSPS) is 10.2. The molecule has 0 radical (unpaired) electrons. The molecule has 0 saturated heterocycles. The lowest BCUT2D eigenvalue weighted by atomic mass is 9.93. The van der Waals surface area contributed by atoms with Gasteiger partial charge in [-0.15, -0.1) is 0 Å². The molecule has 0 atom stereocenters. The predicted molar refractivity (Wildman–Crippen MR) is 77.5 cm³/mol. The molecule has 0 heterocycles. The molecule has 16 heavy (non-hydrogen) atoms. The number of aryl methyl sites for hydroxylation is 2. The molecule has 1 rings (SSSR count). The van der Waals surface area contributed by atoms with Gasteiger partial charge in [-0.1, -0.05) is 51.4 Å². The Morgan fingerprint density at radius 3 is 1.69 bits per heavy atom. The summed E-state index contributed by atoms with van der Waals surface area (Å²) in [5.74, 6) is 0. The third kappa shape index (κ3) is 7.53. The maximum atomic E-state index is 3.31. The van der Waals surface area contributed by atoms with E-state index in [-0.39, 0.29) is 0 Å².